The molecule has 0 spiro atoms. The first kappa shape index (κ1) is 9.51. The third-order valence-electron chi connectivity index (χ3n) is 4.20. The Kier molecular flexibility index (Phi) is 2.92. The van der Waals surface area contributed by atoms with Crippen LogP contribution in [-0.2, 0) is 0 Å². The molecule has 1 saturated heterocycles. The third-order valence-corrected chi connectivity index (χ3v) is 4.20. The van der Waals surface area contributed by atoms with Crippen LogP contribution in [0.1, 0.15) is 51.9 Å². The van der Waals surface area contributed by atoms with Crippen molar-refractivity contribution in [1.82, 2.24) is 5.32 Å². The molecular weight excluding hydrogens is 158 g/mol. The molecule has 0 aromatic carbocycles. The summed E-state index contributed by atoms with van der Waals surface area (Å²) < 4.78 is 0. The maximum atomic E-state index is 3.49. The molecule has 0 amide bonds. The molecule has 0 unspecified atom stereocenters. The molecule has 76 valence electrons. The van der Waals surface area contributed by atoms with E-state index in [9.17, 15) is 0 Å². The van der Waals surface area contributed by atoms with E-state index < -0.39 is 0 Å². The fourth-order valence-corrected chi connectivity index (χ4v) is 3.18. The molecule has 0 atom stereocenters. The summed E-state index contributed by atoms with van der Waals surface area (Å²) in [6.45, 7) is 4.95. The van der Waals surface area contributed by atoms with Gasteiger partial charge in [0.15, 0.2) is 0 Å². The van der Waals surface area contributed by atoms with Crippen LogP contribution in [0.2, 0.25) is 0 Å². The van der Waals surface area contributed by atoms with Gasteiger partial charge in [-0.2, -0.15) is 0 Å². The average Bonchev–Trinajstić information content (AvgIpc) is 2.56. The zero-order valence-corrected chi connectivity index (χ0v) is 8.94. The van der Waals surface area contributed by atoms with Crippen molar-refractivity contribution in [3.8, 4) is 0 Å². The van der Waals surface area contributed by atoms with E-state index in [0.717, 1.165) is 11.3 Å². The van der Waals surface area contributed by atoms with Crippen molar-refractivity contribution in [2.24, 2.45) is 11.3 Å². The van der Waals surface area contributed by atoms with Crippen LogP contribution in [0.25, 0.3) is 0 Å². The smallest absolute Gasteiger partial charge is 0.00229 e. The molecule has 1 aliphatic heterocycles. The van der Waals surface area contributed by atoms with Gasteiger partial charge >= 0.3 is 0 Å². The lowest BCUT2D eigenvalue weighted by molar-refractivity contribution is 0.0671. The van der Waals surface area contributed by atoms with Gasteiger partial charge in [0, 0.05) is 13.1 Å². The fourth-order valence-electron chi connectivity index (χ4n) is 3.18. The van der Waals surface area contributed by atoms with Crippen molar-refractivity contribution in [3.63, 3.8) is 0 Å². The monoisotopic (exact) mass is 181 g/mol. The highest BCUT2D eigenvalue weighted by Gasteiger charge is 2.43. The van der Waals surface area contributed by atoms with Crippen LogP contribution >= 0.6 is 0 Å². The Labute approximate surface area is 82.3 Å². The molecule has 1 N–H and O–H groups in total. The summed E-state index contributed by atoms with van der Waals surface area (Å²) in [6, 6.07) is 0. The largest absolute Gasteiger partial charge is 0.316 e. The maximum absolute atomic E-state index is 3.49. The van der Waals surface area contributed by atoms with Crippen molar-refractivity contribution in [2.45, 2.75) is 51.9 Å². The van der Waals surface area contributed by atoms with Gasteiger partial charge in [0.2, 0.25) is 0 Å². The summed E-state index contributed by atoms with van der Waals surface area (Å²) in [5.74, 6) is 1.07. The lowest BCUT2D eigenvalue weighted by atomic mass is 9.67. The lowest BCUT2D eigenvalue weighted by Gasteiger charge is -2.48. The van der Waals surface area contributed by atoms with Crippen molar-refractivity contribution in [2.75, 3.05) is 13.1 Å². The van der Waals surface area contributed by atoms with Crippen molar-refractivity contribution in [1.29, 1.82) is 0 Å². The SMILES string of the molecule is CCCCC1(C2CCCC2)CNC1. The second-order valence-electron chi connectivity index (χ2n) is 5.05. The Hall–Kier alpha value is -0.0400. The number of hydrogen-bond donors (Lipinski definition) is 1. The minimum absolute atomic E-state index is 0.743. The quantitative estimate of drug-likeness (QED) is 0.703. The Bertz CT molecular complexity index is 155. The van der Waals surface area contributed by atoms with Gasteiger partial charge in [0.25, 0.3) is 0 Å². The molecule has 2 rings (SSSR count). The van der Waals surface area contributed by atoms with E-state index in [1.54, 1.807) is 0 Å². The van der Waals surface area contributed by atoms with Crippen LogP contribution < -0.4 is 5.32 Å². The van der Waals surface area contributed by atoms with Crippen LogP contribution in [0.5, 0.6) is 0 Å². The Morgan fingerprint density at radius 1 is 1.23 bits per heavy atom. The van der Waals surface area contributed by atoms with E-state index in [1.165, 1.54) is 58.0 Å². The van der Waals surface area contributed by atoms with Crippen molar-refractivity contribution in [3.05, 3.63) is 0 Å². The van der Waals surface area contributed by atoms with Gasteiger partial charge in [-0.3, -0.25) is 0 Å². The van der Waals surface area contributed by atoms with Gasteiger partial charge in [-0.05, 0) is 30.6 Å². The molecule has 1 heterocycles. The van der Waals surface area contributed by atoms with Gasteiger partial charge < -0.3 is 5.32 Å². The van der Waals surface area contributed by atoms with Crippen molar-refractivity contribution < 1.29 is 0 Å². The maximum Gasteiger partial charge on any atom is 0.00229 e. The summed E-state index contributed by atoms with van der Waals surface area (Å²) in [4.78, 5) is 0. The molecule has 1 aliphatic carbocycles. The molecule has 0 bridgehead atoms. The molecule has 1 nitrogen and oxygen atoms in total. The predicted octanol–water partition coefficient (Wildman–Crippen LogP) is 2.96. The second kappa shape index (κ2) is 4.00. The van der Waals surface area contributed by atoms with E-state index >= 15 is 0 Å². The van der Waals surface area contributed by atoms with Crippen LogP contribution in [0.3, 0.4) is 0 Å². The first-order valence-corrected chi connectivity index (χ1v) is 6.08. The summed E-state index contributed by atoms with van der Waals surface area (Å²) in [6.07, 6.45) is 10.3. The van der Waals surface area contributed by atoms with Gasteiger partial charge in [-0.25, -0.2) is 0 Å². The van der Waals surface area contributed by atoms with E-state index in [0.29, 0.717) is 0 Å². The van der Waals surface area contributed by atoms with E-state index in [4.69, 9.17) is 0 Å². The average molecular weight is 181 g/mol. The van der Waals surface area contributed by atoms with Crippen LogP contribution in [-0.4, -0.2) is 13.1 Å². The Morgan fingerprint density at radius 2 is 1.92 bits per heavy atom. The van der Waals surface area contributed by atoms with Crippen LogP contribution in [0.15, 0.2) is 0 Å². The highest BCUT2D eigenvalue weighted by atomic mass is 15.0. The molecule has 0 aromatic heterocycles. The first-order chi connectivity index (χ1) is 6.37. The summed E-state index contributed by atoms with van der Waals surface area (Å²) in [5, 5.41) is 3.49. The van der Waals surface area contributed by atoms with E-state index in [2.05, 4.69) is 12.2 Å². The number of nitrogens with one attached hydrogen (secondary N) is 1. The van der Waals surface area contributed by atoms with Crippen LogP contribution in [0.4, 0.5) is 0 Å². The first-order valence-electron chi connectivity index (χ1n) is 6.08. The topological polar surface area (TPSA) is 12.0 Å². The molecule has 2 fully saturated rings. The minimum Gasteiger partial charge on any atom is -0.316 e. The predicted molar refractivity (Wildman–Crippen MR) is 56.8 cm³/mol. The Balaban J connectivity index is 1.89. The highest BCUT2D eigenvalue weighted by molar-refractivity contribution is 4.98. The number of rotatable bonds is 4. The van der Waals surface area contributed by atoms with Gasteiger partial charge in [0.05, 0.1) is 0 Å². The summed E-state index contributed by atoms with van der Waals surface area (Å²) >= 11 is 0. The highest BCUT2D eigenvalue weighted by Crippen LogP contribution is 2.45. The zero-order chi connectivity index (χ0) is 9.15. The van der Waals surface area contributed by atoms with E-state index in [1.807, 2.05) is 0 Å². The zero-order valence-electron chi connectivity index (χ0n) is 8.94. The molecule has 0 aromatic rings. The minimum atomic E-state index is 0.743. The molecular formula is C12H23N. The standard InChI is InChI=1S/C12H23N/c1-2-3-8-12(9-13-10-12)11-6-4-5-7-11/h11,13H,2-10H2,1H3. The molecule has 2 aliphatic rings. The fraction of sp³-hybridized carbons (Fsp3) is 1.00. The number of unbranched alkanes of at least 4 members (excludes halogenated alkanes) is 1. The molecule has 13 heavy (non-hydrogen) atoms. The Morgan fingerprint density at radius 3 is 2.38 bits per heavy atom. The molecule has 0 radical (unpaired) electrons. The molecule has 1 heteroatoms. The van der Waals surface area contributed by atoms with Crippen molar-refractivity contribution >= 4 is 0 Å². The van der Waals surface area contributed by atoms with Gasteiger partial charge in [0.1, 0.15) is 0 Å². The normalized spacial score (nSPS) is 27.5. The summed E-state index contributed by atoms with van der Waals surface area (Å²) in [7, 11) is 0. The van der Waals surface area contributed by atoms with Gasteiger partial charge in [-0.15, -0.1) is 0 Å². The number of hydrogen-bond acceptors (Lipinski definition) is 1. The van der Waals surface area contributed by atoms with Gasteiger partial charge in [-0.1, -0.05) is 32.6 Å². The molecule has 1 saturated carbocycles. The second-order valence-corrected chi connectivity index (χ2v) is 5.05. The van der Waals surface area contributed by atoms with E-state index in [-0.39, 0.29) is 0 Å². The third kappa shape index (κ3) is 1.76. The van der Waals surface area contributed by atoms with Crippen LogP contribution in [0, 0.1) is 11.3 Å². The lowest BCUT2D eigenvalue weighted by Crippen LogP contribution is -2.57. The summed E-state index contributed by atoms with van der Waals surface area (Å²) in [5.41, 5.74) is 0.743.